The van der Waals surface area contributed by atoms with Gasteiger partial charge in [-0.3, -0.25) is 0 Å². The number of nitrogens with zero attached hydrogens (tertiary/aromatic N) is 1. The molecule has 12 heavy (non-hydrogen) atoms. The molecule has 0 spiro atoms. The molecule has 0 aliphatic heterocycles. The van der Waals surface area contributed by atoms with E-state index < -0.39 is 0 Å². The summed E-state index contributed by atoms with van der Waals surface area (Å²) in [6, 6.07) is 0. The van der Waals surface area contributed by atoms with Crippen molar-refractivity contribution in [2.45, 2.75) is 13.5 Å². The van der Waals surface area contributed by atoms with Crippen LogP contribution in [0.25, 0.3) is 0 Å². The fraction of sp³-hybridized carbons (Fsp3) is 0.625. The Bertz CT molecular complexity index is 222. The summed E-state index contributed by atoms with van der Waals surface area (Å²) in [5.74, 6) is 2.14. The van der Waals surface area contributed by atoms with E-state index in [4.69, 9.17) is 0 Å². The standard InChI is InChI=1S/C8H15N3S/c1-7-10-6-8(11-7)5-9-3-4-12-2/h6,9H,3-5H2,1-2H3,(H,10,11). The third-order valence-corrected chi connectivity index (χ3v) is 2.17. The number of thioether (sulfide) groups is 1. The van der Waals surface area contributed by atoms with Crippen molar-refractivity contribution < 1.29 is 0 Å². The van der Waals surface area contributed by atoms with Crippen molar-refractivity contribution in [3.8, 4) is 0 Å². The van der Waals surface area contributed by atoms with Crippen LogP contribution in [0.5, 0.6) is 0 Å². The number of nitrogens with one attached hydrogen (secondary N) is 2. The van der Waals surface area contributed by atoms with Crippen LogP contribution in [0, 0.1) is 6.92 Å². The van der Waals surface area contributed by atoms with E-state index in [9.17, 15) is 0 Å². The molecule has 0 aliphatic rings. The topological polar surface area (TPSA) is 40.7 Å². The summed E-state index contributed by atoms with van der Waals surface area (Å²) < 4.78 is 0. The van der Waals surface area contributed by atoms with Crippen molar-refractivity contribution in [1.82, 2.24) is 15.3 Å². The van der Waals surface area contributed by atoms with Gasteiger partial charge < -0.3 is 10.3 Å². The summed E-state index contributed by atoms with van der Waals surface area (Å²) in [5.41, 5.74) is 1.16. The van der Waals surface area contributed by atoms with Gasteiger partial charge in [0, 0.05) is 30.7 Å². The minimum atomic E-state index is 0.890. The van der Waals surface area contributed by atoms with Crippen molar-refractivity contribution in [1.29, 1.82) is 0 Å². The van der Waals surface area contributed by atoms with E-state index in [0.717, 1.165) is 30.4 Å². The molecule has 0 radical (unpaired) electrons. The Balaban J connectivity index is 2.15. The van der Waals surface area contributed by atoms with Gasteiger partial charge in [-0.1, -0.05) is 0 Å². The molecule has 0 amide bonds. The lowest BCUT2D eigenvalue weighted by Crippen LogP contribution is -2.16. The number of aromatic nitrogens is 2. The average Bonchev–Trinajstić information content (AvgIpc) is 2.45. The van der Waals surface area contributed by atoms with Gasteiger partial charge in [0.25, 0.3) is 0 Å². The lowest BCUT2D eigenvalue weighted by atomic mass is 10.5. The van der Waals surface area contributed by atoms with Crippen LogP contribution < -0.4 is 5.32 Å². The molecule has 1 aromatic heterocycles. The zero-order chi connectivity index (χ0) is 8.81. The lowest BCUT2D eigenvalue weighted by Gasteiger charge is -1.99. The van der Waals surface area contributed by atoms with Crippen LogP contribution in [0.3, 0.4) is 0 Å². The van der Waals surface area contributed by atoms with Crippen molar-refractivity contribution in [3.05, 3.63) is 17.7 Å². The van der Waals surface area contributed by atoms with Crippen LogP contribution in [0.1, 0.15) is 11.5 Å². The molecule has 0 bridgehead atoms. The molecule has 4 heteroatoms. The molecule has 0 saturated heterocycles. The predicted molar refractivity (Wildman–Crippen MR) is 53.4 cm³/mol. The second kappa shape index (κ2) is 5.22. The van der Waals surface area contributed by atoms with Gasteiger partial charge in [-0.2, -0.15) is 11.8 Å². The monoisotopic (exact) mass is 185 g/mol. The first kappa shape index (κ1) is 9.61. The number of aromatic amines is 1. The summed E-state index contributed by atoms with van der Waals surface area (Å²) in [7, 11) is 0. The highest BCUT2D eigenvalue weighted by molar-refractivity contribution is 7.98. The number of rotatable bonds is 5. The first-order chi connectivity index (χ1) is 5.83. The van der Waals surface area contributed by atoms with Crippen molar-refractivity contribution in [2.24, 2.45) is 0 Å². The Morgan fingerprint density at radius 2 is 2.50 bits per heavy atom. The van der Waals surface area contributed by atoms with E-state index >= 15 is 0 Å². The zero-order valence-electron chi connectivity index (χ0n) is 7.55. The number of aryl methyl sites for hydroxylation is 1. The molecule has 0 saturated carbocycles. The summed E-state index contributed by atoms with van der Waals surface area (Å²) in [5, 5.41) is 3.32. The van der Waals surface area contributed by atoms with E-state index in [-0.39, 0.29) is 0 Å². The van der Waals surface area contributed by atoms with Gasteiger partial charge in [-0.15, -0.1) is 0 Å². The van der Waals surface area contributed by atoms with Gasteiger partial charge in [0.2, 0.25) is 0 Å². The Morgan fingerprint density at radius 3 is 3.08 bits per heavy atom. The Labute approximate surface area is 77.4 Å². The highest BCUT2D eigenvalue weighted by atomic mass is 32.2. The highest BCUT2D eigenvalue weighted by Crippen LogP contribution is 1.94. The average molecular weight is 185 g/mol. The number of hydrogen-bond donors (Lipinski definition) is 2. The molecule has 0 atom stereocenters. The lowest BCUT2D eigenvalue weighted by molar-refractivity contribution is 0.718. The summed E-state index contributed by atoms with van der Waals surface area (Å²) in [4.78, 5) is 7.29. The third kappa shape index (κ3) is 3.28. The molecule has 1 rings (SSSR count). The maximum absolute atomic E-state index is 4.11. The molecule has 0 aromatic carbocycles. The van der Waals surface area contributed by atoms with Crippen LogP contribution in [0.4, 0.5) is 0 Å². The number of hydrogen-bond acceptors (Lipinski definition) is 3. The quantitative estimate of drug-likeness (QED) is 0.677. The molecule has 2 N–H and O–H groups in total. The van der Waals surface area contributed by atoms with Gasteiger partial charge in [0.05, 0.1) is 0 Å². The van der Waals surface area contributed by atoms with Gasteiger partial charge in [-0.25, -0.2) is 4.98 Å². The van der Waals surface area contributed by atoms with Crippen LogP contribution in [0.2, 0.25) is 0 Å². The Morgan fingerprint density at radius 1 is 1.67 bits per heavy atom. The molecular formula is C8H15N3S. The summed E-state index contributed by atoms with van der Waals surface area (Å²) >= 11 is 1.85. The van der Waals surface area contributed by atoms with E-state index in [0.29, 0.717) is 0 Å². The summed E-state index contributed by atoms with van der Waals surface area (Å²) in [6.07, 6.45) is 3.99. The number of imidazole rings is 1. The van der Waals surface area contributed by atoms with Crippen LogP contribution in [-0.4, -0.2) is 28.5 Å². The molecule has 0 fully saturated rings. The molecule has 68 valence electrons. The van der Waals surface area contributed by atoms with E-state index in [2.05, 4.69) is 21.5 Å². The fourth-order valence-electron chi connectivity index (χ4n) is 0.959. The maximum Gasteiger partial charge on any atom is 0.103 e. The van der Waals surface area contributed by atoms with E-state index in [1.54, 1.807) is 0 Å². The predicted octanol–water partition coefficient (Wildman–Crippen LogP) is 1.17. The van der Waals surface area contributed by atoms with Crippen LogP contribution in [0.15, 0.2) is 6.20 Å². The maximum atomic E-state index is 4.11. The first-order valence-electron chi connectivity index (χ1n) is 4.03. The zero-order valence-corrected chi connectivity index (χ0v) is 8.37. The van der Waals surface area contributed by atoms with Crippen molar-refractivity contribution >= 4 is 11.8 Å². The van der Waals surface area contributed by atoms with Gasteiger partial charge in [-0.05, 0) is 13.2 Å². The number of H-pyrrole nitrogens is 1. The smallest absolute Gasteiger partial charge is 0.103 e. The second-order valence-corrected chi connectivity index (χ2v) is 3.65. The minimum Gasteiger partial charge on any atom is -0.345 e. The molecule has 3 nitrogen and oxygen atoms in total. The normalized spacial score (nSPS) is 10.5. The molecule has 0 unspecified atom stereocenters. The van der Waals surface area contributed by atoms with Crippen LogP contribution >= 0.6 is 11.8 Å². The largest absolute Gasteiger partial charge is 0.345 e. The first-order valence-corrected chi connectivity index (χ1v) is 5.42. The third-order valence-electron chi connectivity index (χ3n) is 1.55. The van der Waals surface area contributed by atoms with Gasteiger partial charge in [0.15, 0.2) is 0 Å². The van der Waals surface area contributed by atoms with Gasteiger partial charge >= 0.3 is 0 Å². The van der Waals surface area contributed by atoms with Crippen molar-refractivity contribution in [3.63, 3.8) is 0 Å². The summed E-state index contributed by atoms with van der Waals surface area (Å²) in [6.45, 7) is 3.91. The van der Waals surface area contributed by atoms with Crippen molar-refractivity contribution in [2.75, 3.05) is 18.6 Å². The molecule has 1 heterocycles. The minimum absolute atomic E-state index is 0.890. The Hall–Kier alpha value is -0.480. The SMILES string of the molecule is CSCCNCc1cnc(C)[nH]1. The fourth-order valence-corrected chi connectivity index (χ4v) is 1.31. The molecule has 1 aromatic rings. The second-order valence-electron chi connectivity index (χ2n) is 2.66. The highest BCUT2D eigenvalue weighted by Gasteiger charge is 1.94. The Kier molecular flexibility index (Phi) is 4.18. The molecule has 0 aliphatic carbocycles. The van der Waals surface area contributed by atoms with Crippen LogP contribution in [-0.2, 0) is 6.54 Å². The molecular weight excluding hydrogens is 170 g/mol. The van der Waals surface area contributed by atoms with E-state index in [1.165, 1.54) is 0 Å². The van der Waals surface area contributed by atoms with Gasteiger partial charge in [0.1, 0.15) is 5.82 Å². The van der Waals surface area contributed by atoms with E-state index in [1.807, 2.05) is 24.9 Å².